The van der Waals surface area contributed by atoms with Crippen molar-refractivity contribution in [3.63, 3.8) is 0 Å². The van der Waals surface area contributed by atoms with Crippen LogP contribution in [0.25, 0.3) is 0 Å². The van der Waals surface area contributed by atoms with E-state index in [1.54, 1.807) is 6.92 Å². The molecule has 1 rings (SSSR count). The van der Waals surface area contributed by atoms with Gasteiger partial charge in [-0.05, 0) is 6.42 Å². The predicted octanol–water partition coefficient (Wildman–Crippen LogP) is -0.0301. The van der Waals surface area contributed by atoms with Gasteiger partial charge in [-0.3, -0.25) is 4.18 Å². The van der Waals surface area contributed by atoms with Gasteiger partial charge in [0.2, 0.25) is 0 Å². The van der Waals surface area contributed by atoms with Gasteiger partial charge in [0.1, 0.15) is 0 Å². The van der Waals surface area contributed by atoms with E-state index in [-0.39, 0.29) is 18.6 Å². The van der Waals surface area contributed by atoms with Crippen LogP contribution in [0.1, 0.15) is 19.8 Å². The normalized spacial score (nSPS) is 33.4. The molecule has 0 saturated carbocycles. The summed E-state index contributed by atoms with van der Waals surface area (Å²) in [6.45, 7) is 1.59. The van der Waals surface area contributed by atoms with E-state index >= 15 is 0 Å². The number of carboxylic acids is 1. The third-order valence-electron chi connectivity index (χ3n) is 2.00. The van der Waals surface area contributed by atoms with E-state index in [0.717, 1.165) is 0 Å². The van der Waals surface area contributed by atoms with E-state index in [1.807, 2.05) is 0 Å². The van der Waals surface area contributed by atoms with Crippen molar-refractivity contribution in [3.05, 3.63) is 0 Å². The summed E-state index contributed by atoms with van der Waals surface area (Å²) in [5.41, 5.74) is -1.50. The summed E-state index contributed by atoms with van der Waals surface area (Å²) in [5.74, 6) is -1.40. The molecule has 1 atom stereocenters. The lowest BCUT2D eigenvalue weighted by molar-refractivity contribution is -0.154. The zero-order valence-corrected chi connectivity index (χ0v) is 7.43. The van der Waals surface area contributed by atoms with Crippen LogP contribution < -0.4 is 0 Å². The summed E-state index contributed by atoms with van der Waals surface area (Å²) in [7, 11) is -3.59. The van der Waals surface area contributed by atoms with Crippen LogP contribution >= 0.6 is 0 Å². The third kappa shape index (κ3) is 1.44. The molecular formula is C6H10O5S. The van der Waals surface area contributed by atoms with Crippen LogP contribution in [0.15, 0.2) is 0 Å². The molecule has 6 heteroatoms. The first-order valence-electron chi connectivity index (χ1n) is 3.58. The Morgan fingerprint density at radius 3 is 2.42 bits per heavy atom. The highest BCUT2D eigenvalue weighted by Gasteiger charge is 2.48. The zero-order chi connectivity index (χ0) is 9.41. The van der Waals surface area contributed by atoms with Gasteiger partial charge < -0.3 is 5.11 Å². The quantitative estimate of drug-likeness (QED) is 0.624. The smallest absolute Gasteiger partial charge is 0.337 e. The van der Waals surface area contributed by atoms with Gasteiger partial charge in [0.05, 0.1) is 5.75 Å². The van der Waals surface area contributed by atoms with Crippen LogP contribution in [-0.2, 0) is 19.1 Å². The molecule has 1 unspecified atom stereocenters. The van der Waals surface area contributed by atoms with Crippen LogP contribution in [0.5, 0.6) is 0 Å². The summed E-state index contributed by atoms with van der Waals surface area (Å²) in [6.07, 6.45) is 0.211. The molecule has 0 amide bonds. The molecule has 0 spiro atoms. The zero-order valence-electron chi connectivity index (χ0n) is 6.61. The largest absolute Gasteiger partial charge is 0.479 e. The molecule has 5 nitrogen and oxygen atoms in total. The standard InChI is InChI=1S/C6H10O5S/c1-2-6(5(7)8)3-4-12(9,10)11-6/h2-4H2,1H3,(H,7,8). The van der Waals surface area contributed by atoms with Gasteiger partial charge >= 0.3 is 5.97 Å². The molecule has 0 bridgehead atoms. The molecule has 1 fully saturated rings. The van der Waals surface area contributed by atoms with Crippen LogP contribution in [0, 0.1) is 0 Å². The fourth-order valence-corrected chi connectivity index (χ4v) is 2.57. The maximum Gasteiger partial charge on any atom is 0.337 e. The van der Waals surface area contributed by atoms with Crippen molar-refractivity contribution >= 4 is 16.1 Å². The van der Waals surface area contributed by atoms with Crippen LogP contribution in [0.4, 0.5) is 0 Å². The first-order valence-corrected chi connectivity index (χ1v) is 5.16. The predicted molar refractivity (Wildman–Crippen MR) is 40.1 cm³/mol. The van der Waals surface area contributed by atoms with E-state index < -0.39 is 21.7 Å². The fraction of sp³-hybridized carbons (Fsp3) is 0.833. The van der Waals surface area contributed by atoms with Gasteiger partial charge in [-0.2, -0.15) is 8.42 Å². The Morgan fingerprint density at radius 2 is 2.25 bits per heavy atom. The molecule has 0 aromatic rings. The third-order valence-corrected chi connectivity index (χ3v) is 3.28. The Kier molecular flexibility index (Phi) is 2.13. The molecule has 0 aliphatic carbocycles. The van der Waals surface area contributed by atoms with Gasteiger partial charge in [-0.25, -0.2) is 4.79 Å². The van der Waals surface area contributed by atoms with E-state index in [0.29, 0.717) is 0 Å². The van der Waals surface area contributed by atoms with Gasteiger partial charge in [0.15, 0.2) is 5.60 Å². The minimum absolute atomic E-state index is 0.0428. The Hall–Kier alpha value is -0.620. The minimum Gasteiger partial charge on any atom is -0.479 e. The van der Waals surface area contributed by atoms with E-state index in [2.05, 4.69) is 4.18 Å². The number of rotatable bonds is 2. The van der Waals surface area contributed by atoms with Crippen molar-refractivity contribution in [2.75, 3.05) is 5.75 Å². The molecule has 1 N–H and O–H groups in total. The molecule has 1 saturated heterocycles. The summed E-state index contributed by atoms with van der Waals surface area (Å²) in [6, 6.07) is 0. The lowest BCUT2D eigenvalue weighted by Gasteiger charge is -2.18. The summed E-state index contributed by atoms with van der Waals surface area (Å²) in [5, 5.41) is 8.71. The van der Waals surface area contributed by atoms with Gasteiger partial charge in [-0.1, -0.05) is 6.92 Å². The first-order chi connectivity index (χ1) is 5.42. The average Bonchev–Trinajstić information content (AvgIpc) is 2.27. The lowest BCUT2D eigenvalue weighted by atomic mass is 9.98. The highest BCUT2D eigenvalue weighted by Crippen LogP contribution is 2.31. The number of hydrogen-bond donors (Lipinski definition) is 1. The molecular weight excluding hydrogens is 184 g/mol. The number of hydrogen-bond acceptors (Lipinski definition) is 4. The Balaban J connectivity index is 2.95. The molecule has 1 heterocycles. The Bertz CT molecular complexity index is 293. The second kappa shape index (κ2) is 2.70. The second-order valence-corrected chi connectivity index (χ2v) is 4.44. The molecule has 1 aliphatic rings. The maximum absolute atomic E-state index is 10.8. The van der Waals surface area contributed by atoms with Crippen molar-refractivity contribution in [1.29, 1.82) is 0 Å². The van der Waals surface area contributed by atoms with Crippen molar-refractivity contribution in [3.8, 4) is 0 Å². The monoisotopic (exact) mass is 194 g/mol. The summed E-state index contributed by atoms with van der Waals surface area (Å²) < 4.78 is 26.2. The van der Waals surface area contributed by atoms with E-state index in [4.69, 9.17) is 5.11 Å². The number of carboxylic acid groups (broad SMARTS) is 1. The molecule has 12 heavy (non-hydrogen) atoms. The highest BCUT2D eigenvalue weighted by molar-refractivity contribution is 7.87. The Labute approximate surface area is 70.5 Å². The van der Waals surface area contributed by atoms with Gasteiger partial charge in [0.25, 0.3) is 10.1 Å². The molecule has 1 aliphatic heterocycles. The SMILES string of the molecule is CCC1(C(=O)O)CCS(=O)(=O)O1. The van der Waals surface area contributed by atoms with Crippen molar-refractivity contribution in [2.45, 2.75) is 25.4 Å². The highest BCUT2D eigenvalue weighted by atomic mass is 32.2. The molecule has 0 aromatic carbocycles. The summed E-state index contributed by atoms with van der Waals surface area (Å²) >= 11 is 0. The van der Waals surface area contributed by atoms with Gasteiger partial charge in [0, 0.05) is 6.42 Å². The van der Waals surface area contributed by atoms with Crippen molar-refractivity contribution < 1.29 is 22.5 Å². The lowest BCUT2D eigenvalue weighted by Crippen LogP contribution is -2.37. The first kappa shape index (κ1) is 9.47. The van der Waals surface area contributed by atoms with Crippen molar-refractivity contribution in [2.24, 2.45) is 0 Å². The molecule has 70 valence electrons. The van der Waals surface area contributed by atoms with Crippen LogP contribution in [0.2, 0.25) is 0 Å². The van der Waals surface area contributed by atoms with Crippen LogP contribution in [0.3, 0.4) is 0 Å². The number of carbonyl (C=O) groups is 1. The molecule has 0 radical (unpaired) electrons. The average molecular weight is 194 g/mol. The summed E-state index contributed by atoms with van der Waals surface area (Å²) in [4.78, 5) is 10.7. The fourth-order valence-electron chi connectivity index (χ4n) is 1.15. The topological polar surface area (TPSA) is 80.7 Å². The van der Waals surface area contributed by atoms with Crippen LogP contribution in [-0.4, -0.2) is 30.8 Å². The second-order valence-electron chi connectivity index (χ2n) is 2.75. The van der Waals surface area contributed by atoms with E-state index in [9.17, 15) is 13.2 Å². The van der Waals surface area contributed by atoms with Gasteiger partial charge in [-0.15, -0.1) is 0 Å². The number of aliphatic carboxylic acids is 1. The van der Waals surface area contributed by atoms with E-state index in [1.165, 1.54) is 0 Å². The Morgan fingerprint density at radius 1 is 1.67 bits per heavy atom. The minimum atomic E-state index is -3.59. The van der Waals surface area contributed by atoms with Crippen molar-refractivity contribution in [1.82, 2.24) is 0 Å². The molecule has 0 aromatic heterocycles. The maximum atomic E-state index is 10.8.